The van der Waals surface area contributed by atoms with Gasteiger partial charge in [-0.25, -0.2) is 0 Å². The van der Waals surface area contributed by atoms with Gasteiger partial charge in [-0.3, -0.25) is 4.98 Å². The first-order valence-corrected chi connectivity index (χ1v) is 12.2. The largest absolute Gasteiger partial charge is 0.411 e. The lowest BCUT2D eigenvalue weighted by atomic mass is 9.58. The van der Waals surface area contributed by atoms with E-state index in [2.05, 4.69) is 53.5 Å². The molecular weight excluding hydrogens is 396 g/mol. The van der Waals surface area contributed by atoms with Crippen LogP contribution in [0.1, 0.15) is 69.8 Å². The molecule has 2 N–H and O–H groups in total. The number of allylic oxidation sites excluding steroid dienone is 2. The average Bonchev–Trinajstić information content (AvgIpc) is 3.10. The van der Waals surface area contributed by atoms with Gasteiger partial charge in [-0.2, -0.15) is 0 Å². The molecule has 1 aromatic carbocycles. The minimum Gasteiger partial charge on any atom is -0.411 e. The molecule has 2 aromatic rings. The van der Waals surface area contributed by atoms with E-state index in [1.54, 1.807) is 0 Å². The second-order valence-corrected chi connectivity index (χ2v) is 10.8. The van der Waals surface area contributed by atoms with Crippen LogP contribution in [0.5, 0.6) is 0 Å². The molecule has 0 aliphatic heterocycles. The van der Waals surface area contributed by atoms with E-state index in [0.717, 1.165) is 62.7 Å². The first-order valence-electron chi connectivity index (χ1n) is 12.2. The van der Waals surface area contributed by atoms with Crippen LogP contribution in [-0.2, 0) is 0 Å². The van der Waals surface area contributed by atoms with Gasteiger partial charge < -0.3 is 10.3 Å². The molecule has 0 amide bonds. The molecule has 1 aromatic heterocycles. The van der Waals surface area contributed by atoms with E-state index >= 15 is 0 Å². The lowest BCUT2D eigenvalue weighted by Gasteiger charge is -2.49. The zero-order valence-corrected chi connectivity index (χ0v) is 18.8. The first-order chi connectivity index (χ1) is 15.5. The third kappa shape index (κ3) is 2.92. The zero-order valence-electron chi connectivity index (χ0n) is 18.8. The Labute approximate surface area is 189 Å². The molecule has 0 bridgehead atoms. The monoisotopic (exact) mass is 428 g/mol. The van der Waals surface area contributed by atoms with Gasteiger partial charge in [0.2, 0.25) is 0 Å². The minimum atomic E-state index is -0.749. The van der Waals surface area contributed by atoms with Crippen LogP contribution >= 0.6 is 0 Å². The Balaban J connectivity index is 1.35. The summed E-state index contributed by atoms with van der Waals surface area (Å²) >= 11 is 0. The van der Waals surface area contributed by atoms with Crippen LogP contribution in [0.4, 0.5) is 0 Å². The molecule has 2 saturated carbocycles. The van der Waals surface area contributed by atoms with E-state index in [1.165, 1.54) is 21.9 Å². The predicted octanol–water partition coefficient (Wildman–Crippen LogP) is 6.15. The second-order valence-electron chi connectivity index (χ2n) is 10.8. The van der Waals surface area contributed by atoms with Gasteiger partial charge in [0.05, 0.1) is 11.3 Å². The summed E-state index contributed by atoms with van der Waals surface area (Å²) in [6, 6.07) is 8.91. The highest BCUT2D eigenvalue weighted by atomic mass is 16.4. The van der Waals surface area contributed by atoms with E-state index < -0.39 is 5.60 Å². The minimum absolute atomic E-state index is 0.0554. The van der Waals surface area contributed by atoms with Crippen LogP contribution in [0, 0.1) is 17.3 Å². The number of aromatic nitrogens is 1. The number of aliphatic hydroxyl groups is 1. The molecule has 5 atom stereocenters. The number of pyridine rings is 1. The topological polar surface area (TPSA) is 65.7 Å². The summed E-state index contributed by atoms with van der Waals surface area (Å²) in [5.41, 5.74) is 4.21. The van der Waals surface area contributed by atoms with Crippen LogP contribution in [0.25, 0.3) is 10.8 Å². The average molecular weight is 429 g/mol. The van der Waals surface area contributed by atoms with Crippen LogP contribution in [0.15, 0.2) is 65.1 Å². The van der Waals surface area contributed by atoms with Crippen molar-refractivity contribution in [3.63, 3.8) is 0 Å². The number of hydrogen-bond donors (Lipinski definition) is 2. The van der Waals surface area contributed by atoms with Gasteiger partial charge in [-0.15, -0.1) is 0 Å². The molecule has 4 nitrogen and oxygen atoms in total. The van der Waals surface area contributed by atoms with Crippen molar-refractivity contribution in [3.05, 3.63) is 65.5 Å². The van der Waals surface area contributed by atoms with E-state index in [-0.39, 0.29) is 11.3 Å². The summed E-state index contributed by atoms with van der Waals surface area (Å²) in [5.74, 6) is 1.12. The Morgan fingerprint density at radius 2 is 2.00 bits per heavy atom. The Hall–Kier alpha value is -2.46. The second kappa shape index (κ2) is 7.28. The van der Waals surface area contributed by atoms with Gasteiger partial charge in [-0.05, 0) is 103 Å². The standard InChI is InChI=1S/C28H32N2O2/c1-27-11-9-23-15-19-4-5-24(30-32)16-20(19)8-12-28(23,31)26(27)7-6-25(27)21-3-2-18-10-13-29-17-22(18)14-21/h2-3,9-10,13-15,17,20,25-26,31-32H,4-8,11-12,16H2,1H3/b30-24+/t20?,25?,26?,27?,28-/m1/s1. The lowest BCUT2D eigenvalue weighted by molar-refractivity contribution is -0.0470. The summed E-state index contributed by atoms with van der Waals surface area (Å²) in [4.78, 5) is 4.32. The van der Waals surface area contributed by atoms with E-state index in [4.69, 9.17) is 0 Å². The van der Waals surface area contributed by atoms with Crippen molar-refractivity contribution >= 4 is 16.5 Å². The van der Waals surface area contributed by atoms with Crippen molar-refractivity contribution in [1.29, 1.82) is 0 Å². The van der Waals surface area contributed by atoms with E-state index in [1.807, 2.05) is 12.4 Å². The van der Waals surface area contributed by atoms with Crippen LogP contribution in [0.3, 0.4) is 0 Å². The van der Waals surface area contributed by atoms with Gasteiger partial charge in [-0.1, -0.05) is 41.9 Å². The van der Waals surface area contributed by atoms with Gasteiger partial charge in [0.25, 0.3) is 0 Å². The fraction of sp³-hybridized carbons (Fsp3) is 0.500. The number of oxime groups is 1. The Kier molecular flexibility index (Phi) is 4.59. The fourth-order valence-electron chi connectivity index (χ4n) is 7.55. The molecular formula is C28H32N2O2. The molecule has 2 fully saturated rings. The molecule has 1 heterocycles. The molecule has 166 valence electrons. The molecule has 4 unspecified atom stereocenters. The molecule has 0 saturated heterocycles. The third-order valence-electron chi connectivity index (χ3n) is 9.31. The number of benzene rings is 1. The quantitative estimate of drug-likeness (QED) is 0.423. The van der Waals surface area contributed by atoms with Crippen molar-refractivity contribution in [3.8, 4) is 0 Å². The molecule has 0 radical (unpaired) electrons. The molecule has 32 heavy (non-hydrogen) atoms. The number of fused-ring (bicyclic) bond motifs is 5. The number of nitrogens with zero attached hydrogens (tertiary/aromatic N) is 2. The maximum Gasteiger partial charge on any atom is 0.0927 e. The summed E-state index contributed by atoms with van der Waals surface area (Å²) in [6.45, 7) is 2.41. The molecule has 4 heteroatoms. The normalized spacial score (nSPS) is 37.8. The fourth-order valence-corrected chi connectivity index (χ4v) is 7.55. The van der Waals surface area contributed by atoms with Gasteiger partial charge in [0.1, 0.15) is 0 Å². The summed E-state index contributed by atoms with van der Waals surface area (Å²) in [7, 11) is 0. The number of hydrogen-bond acceptors (Lipinski definition) is 4. The van der Waals surface area contributed by atoms with Gasteiger partial charge in [0.15, 0.2) is 0 Å². The highest BCUT2D eigenvalue weighted by Crippen LogP contribution is 2.63. The van der Waals surface area contributed by atoms with Gasteiger partial charge in [0, 0.05) is 17.8 Å². The smallest absolute Gasteiger partial charge is 0.0927 e. The Bertz CT molecular complexity index is 1160. The maximum atomic E-state index is 12.2. The number of rotatable bonds is 1. The summed E-state index contributed by atoms with van der Waals surface area (Å²) in [5, 5.41) is 27.4. The van der Waals surface area contributed by atoms with Crippen LogP contribution in [-0.4, -0.2) is 26.6 Å². The van der Waals surface area contributed by atoms with Crippen molar-refractivity contribution in [2.24, 2.45) is 22.4 Å². The summed E-state index contributed by atoms with van der Waals surface area (Å²) in [6.07, 6.45) is 16.1. The summed E-state index contributed by atoms with van der Waals surface area (Å²) < 4.78 is 0. The van der Waals surface area contributed by atoms with E-state index in [9.17, 15) is 10.3 Å². The van der Waals surface area contributed by atoms with Crippen LogP contribution < -0.4 is 0 Å². The zero-order chi connectivity index (χ0) is 21.9. The van der Waals surface area contributed by atoms with Crippen LogP contribution in [0.2, 0.25) is 0 Å². The maximum absolute atomic E-state index is 12.2. The molecule has 4 aliphatic rings. The first kappa shape index (κ1) is 20.2. The van der Waals surface area contributed by atoms with Crippen molar-refractivity contribution in [2.45, 2.75) is 69.8 Å². The molecule has 4 aliphatic carbocycles. The third-order valence-corrected chi connectivity index (χ3v) is 9.31. The Morgan fingerprint density at radius 3 is 2.88 bits per heavy atom. The van der Waals surface area contributed by atoms with Crippen molar-refractivity contribution in [2.75, 3.05) is 0 Å². The highest BCUT2D eigenvalue weighted by molar-refractivity contribution is 5.86. The van der Waals surface area contributed by atoms with E-state index in [0.29, 0.717) is 11.8 Å². The Morgan fingerprint density at radius 1 is 1.09 bits per heavy atom. The SMILES string of the molecule is CC12CC=C3C=C4CC/C(=N\O)CC4CC[C@]3(O)C1CCC2c1ccc2ccncc2c1. The molecule has 0 spiro atoms. The molecule has 6 rings (SSSR count). The van der Waals surface area contributed by atoms with Crippen molar-refractivity contribution < 1.29 is 10.3 Å². The van der Waals surface area contributed by atoms with Gasteiger partial charge >= 0.3 is 0 Å². The predicted molar refractivity (Wildman–Crippen MR) is 127 cm³/mol. The lowest BCUT2D eigenvalue weighted by Crippen LogP contribution is -2.49. The highest BCUT2D eigenvalue weighted by Gasteiger charge is 2.58. The van der Waals surface area contributed by atoms with Crippen molar-refractivity contribution in [1.82, 2.24) is 4.98 Å².